The van der Waals surface area contributed by atoms with Crippen LogP contribution in [0.4, 0.5) is 11.5 Å². The number of hydrogen-bond acceptors (Lipinski definition) is 7. The minimum Gasteiger partial charge on any atom is -0.480 e. The number of rotatable bonds is 6. The number of benzene rings is 2. The average Bonchev–Trinajstić information content (AvgIpc) is 3.63. The number of amides is 1. The predicted octanol–water partition coefficient (Wildman–Crippen LogP) is 4.38. The minimum atomic E-state index is -0.963. The molecular formula is C27H24N6O4. The van der Waals surface area contributed by atoms with E-state index in [0.29, 0.717) is 47.0 Å². The highest BCUT2D eigenvalue weighted by Gasteiger charge is 2.40. The van der Waals surface area contributed by atoms with Gasteiger partial charge >= 0.3 is 5.97 Å². The summed E-state index contributed by atoms with van der Waals surface area (Å²) in [7, 11) is 0. The van der Waals surface area contributed by atoms with Crippen LogP contribution in [0.25, 0.3) is 33.3 Å². The summed E-state index contributed by atoms with van der Waals surface area (Å²) in [4.78, 5) is 43.2. The van der Waals surface area contributed by atoms with E-state index in [2.05, 4.69) is 25.3 Å². The molecule has 6 rings (SSSR count). The SMILES string of the molecule is Cc1nc(N2C[C@@H](CC(=O)Nc3cccc(-c4c[nH]cn4)c3)C[C@H]2C(=O)O)c2oc3ccccc3c2n1. The summed E-state index contributed by atoms with van der Waals surface area (Å²) >= 11 is 0. The number of H-pyrrole nitrogens is 1. The number of aromatic nitrogens is 4. The van der Waals surface area contributed by atoms with Crippen molar-refractivity contribution >= 4 is 45.5 Å². The number of aryl methyl sites for hydroxylation is 1. The summed E-state index contributed by atoms with van der Waals surface area (Å²) in [5.74, 6) is -0.347. The van der Waals surface area contributed by atoms with Gasteiger partial charge in [-0.2, -0.15) is 0 Å². The number of carbonyl (C=O) groups is 2. The highest BCUT2D eigenvalue weighted by Crippen LogP contribution is 2.37. The van der Waals surface area contributed by atoms with Gasteiger partial charge in [-0.3, -0.25) is 4.79 Å². The molecule has 1 aliphatic heterocycles. The number of nitrogens with zero attached hydrogens (tertiary/aromatic N) is 4. The number of fused-ring (bicyclic) bond motifs is 3. The first-order valence-corrected chi connectivity index (χ1v) is 12.0. The zero-order chi connectivity index (χ0) is 25.5. The summed E-state index contributed by atoms with van der Waals surface area (Å²) in [6.07, 6.45) is 3.89. The number of imidazole rings is 1. The highest BCUT2D eigenvalue weighted by molar-refractivity contribution is 6.06. The molecule has 5 aromatic rings. The second kappa shape index (κ2) is 9.05. The number of aromatic amines is 1. The van der Waals surface area contributed by atoms with Crippen molar-refractivity contribution in [2.75, 3.05) is 16.8 Å². The van der Waals surface area contributed by atoms with Gasteiger partial charge in [0.1, 0.15) is 23.0 Å². The number of nitrogens with one attached hydrogen (secondary N) is 2. The van der Waals surface area contributed by atoms with Crippen LogP contribution in [0, 0.1) is 12.8 Å². The third kappa shape index (κ3) is 4.26. The number of hydrogen-bond donors (Lipinski definition) is 3. The van der Waals surface area contributed by atoms with Gasteiger partial charge in [0.15, 0.2) is 11.4 Å². The number of furan rings is 1. The fourth-order valence-corrected chi connectivity index (χ4v) is 5.07. The summed E-state index contributed by atoms with van der Waals surface area (Å²) in [6, 6.07) is 14.2. The smallest absolute Gasteiger partial charge is 0.326 e. The normalized spacial score (nSPS) is 17.5. The fourth-order valence-electron chi connectivity index (χ4n) is 5.07. The van der Waals surface area contributed by atoms with E-state index in [1.54, 1.807) is 24.3 Å². The lowest BCUT2D eigenvalue weighted by Gasteiger charge is -2.22. The van der Waals surface area contributed by atoms with E-state index < -0.39 is 12.0 Å². The van der Waals surface area contributed by atoms with Crippen molar-refractivity contribution in [3.05, 3.63) is 66.9 Å². The van der Waals surface area contributed by atoms with Crippen molar-refractivity contribution in [3.63, 3.8) is 0 Å². The van der Waals surface area contributed by atoms with E-state index in [0.717, 1.165) is 16.6 Å². The quantitative estimate of drug-likeness (QED) is 0.315. The van der Waals surface area contributed by atoms with Crippen LogP contribution < -0.4 is 10.2 Å². The van der Waals surface area contributed by atoms with Gasteiger partial charge in [-0.05, 0) is 43.5 Å². The van der Waals surface area contributed by atoms with Crippen molar-refractivity contribution in [1.82, 2.24) is 19.9 Å². The molecule has 1 saturated heterocycles. The molecule has 0 unspecified atom stereocenters. The van der Waals surface area contributed by atoms with Gasteiger partial charge < -0.3 is 24.7 Å². The maximum Gasteiger partial charge on any atom is 0.326 e. The third-order valence-corrected chi connectivity index (χ3v) is 6.67. The highest BCUT2D eigenvalue weighted by atomic mass is 16.4. The van der Waals surface area contributed by atoms with E-state index in [4.69, 9.17) is 4.42 Å². The Morgan fingerprint density at radius 3 is 2.86 bits per heavy atom. The molecule has 0 saturated carbocycles. The van der Waals surface area contributed by atoms with Crippen LogP contribution in [0.3, 0.4) is 0 Å². The van der Waals surface area contributed by atoms with Crippen LogP contribution in [-0.2, 0) is 9.59 Å². The topological polar surface area (TPSA) is 137 Å². The molecule has 1 aliphatic rings. The first-order valence-electron chi connectivity index (χ1n) is 12.0. The monoisotopic (exact) mass is 496 g/mol. The molecule has 10 heteroatoms. The Morgan fingerprint density at radius 2 is 2.05 bits per heavy atom. The molecule has 10 nitrogen and oxygen atoms in total. The second-order valence-electron chi connectivity index (χ2n) is 9.27. The maximum absolute atomic E-state index is 12.9. The van der Waals surface area contributed by atoms with Crippen molar-refractivity contribution in [3.8, 4) is 11.3 Å². The van der Waals surface area contributed by atoms with Gasteiger partial charge in [0.05, 0.1) is 12.0 Å². The third-order valence-electron chi connectivity index (χ3n) is 6.67. The van der Waals surface area contributed by atoms with E-state index in [-0.39, 0.29) is 18.2 Å². The Balaban J connectivity index is 1.24. The molecule has 1 fully saturated rings. The van der Waals surface area contributed by atoms with Crippen LogP contribution in [0.5, 0.6) is 0 Å². The van der Waals surface area contributed by atoms with Crippen molar-refractivity contribution in [2.45, 2.75) is 25.8 Å². The van der Waals surface area contributed by atoms with Crippen LogP contribution in [0.1, 0.15) is 18.7 Å². The van der Waals surface area contributed by atoms with Crippen LogP contribution in [-0.4, -0.2) is 49.5 Å². The van der Waals surface area contributed by atoms with Gasteiger partial charge in [-0.25, -0.2) is 19.7 Å². The van der Waals surface area contributed by atoms with Gasteiger partial charge in [0.2, 0.25) is 5.91 Å². The molecule has 37 heavy (non-hydrogen) atoms. The molecule has 0 radical (unpaired) electrons. The second-order valence-corrected chi connectivity index (χ2v) is 9.27. The van der Waals surface area contributed by atoms with Gasteiger partial charge in [0.25, 0.3) is 0 Å². The van der Waals surface area contributed by atoms with Crippen LogP contribution in [0.15, 0.2) is 65.5 Å². The molecule has 186 valence electrons. The Hall–Kier alpha value is -4.73. The summed E-state index contributed by atoms with van der Waals surface area (Å²) in [5, 5.41) is 13.8. The lowest BCUT2D eigenvalue weighted by Crippen LogP contribution is -2.36. The first kappa shape index (κ1) is 22.7. The summed E-state index contributed by atoms with van der Waals surface area (Å²) < 4.78 is 6.07. The molecule has 0 aliphatic carbocycles. The van der Waals surface area contributed by atoms with Crippen LogP contribution >= 0.6 is 0 Å². The Kier molecular flexibility index (Phi) is 5.56. The molecular weight excluding hydrogens is 472 g/mol. The number of carboxylic acids is 1. The summed E-state index contributed by atoms with van der Waals surface area (Å²) in [6.45, 7) is 2.14. The number of aliphatic carboxylic acids is 1. The van der Waals surface area contributed by atoms with Crippen molar-refractivity contribution in [2.24, 2.45) is 5.92 Å². The van der Waals surface area contributed by atoms with E-state index in [9.17, 15) is 14.7 Å². The van der Waals surface area contributed by atoms with Crippen LogP contribution in [0.2, 0.25) is 0 Å². The van der Waals surface area contributed by atoms with Gasteiger partial charge in [-0.1, -0.05) is 24.3 Å². The number of anilines is 2. The average molecular weight is 497 g/mol. The largest absolute Gasteiger partial charge is 0.480 e. The number of carboxylic acid groups (broad SMARTS) is 1. The molecule has 2 atom stereocenters. The lowest BCUT2D eigenvalue weighted by molar-refractivity contribution is -0.138. The van der Waals surface area contributed by atoms with E-state index >= 15 is 0 Å². The zero-order valence-corrected chi connectivity index (χ0v) is 20.0. The first-order chi connectivity index (χ1) is 18.0. The number of carbonyl (C=O) groups excluding carboxylic acids is 1. The van der Waals surface area contributed by atoms with Gasteiger partial charge in [-0.15, -0.1) is 0 Å². The Morgan fingerprint density at radius 1 is 1.19 bits per heavy atom. The maximum atomic E-state index is 12.9. The minimum absolute atomic E-state index is 0.176. The fraction of sp³-hybridized carbons (Fsp3) is 0.222. The molecule has 1 amide bonds. The molecule has 3 aromatic heterocycles. The van der Waals surface area contributed by atoms with E-state index in [1.807, 2.05) is 48.5 Å². The van der Waals surface area contributed by atoms with E-state index in [1.165, 1.54) is 0 Å². The Bertz CT molecular complexity index is 1630. The number of para-hydroxylation sites is 1. The van der Waals surface area contributed by atoms with Crippen molar-refractivity contribution in [1.29, 1.82) is 0 Å². The van der Waals surface area contributed by atoms with Gasteiger partial charge in [0, 0.05) is 35.8 Å². The molecule has 4 heterocycles. The predicted molar refractivity (Wildman–Crippen MR) is 138 cm³/mol. The molecule has 0 spiro atoms. The molecule has 3 N–H and O–H groups in total. The standard InChI is InChI=1S/C27H24N6O4/c1-15-30-24-19-7-2-3-8-22(19)37-25(24)26(31-15)33-13-16(9-21(33)27(35)36)10-23(34)32-18-6-4-5-17(11-18)20-12-28-14-29-20/h2-8,11-12,14,16,21H,9-10,13H2,1H3,(H,28,29)(H,32,34)(H,35,36)/t16-,21+/m1/s1. The molecule has 0 bridgehead atoms. The zero-order valence-electron chi connectivity index (χ0n) is 20.0. The Labute approximate surface area is 211 Å². The van der Waals surface area contributed by atoms with Crippen molar-refractivity contribution < 1.29 is 19.1 Å². The molecule has 2 aromatic carbocycles. The lowest BCUT2D eigenvalue weighted by atomic mass is 10.0. The summed E-state index contributed by atoms with van der Waals surface area (Å²) in [5.41, 5.74) is 4.09.